The minimum absolute atomic E-state index is 0.0137. The van der Waals surface area contributed by atoms with Gasteiger partial charge in [-0.15, -0.1) is 11.8 Å². The second kappa shape index (κ2) is 7.58. The van der Waals surface area contributed by atoms with Gasteiger partial charge in [0.05, 0.1) is 12.1 Å². The average molecular weight is 363 g/mol. The third kappa shape index (κ3) is 5.14. The van der Waals surface area contributed by atoms with Gasteiger partial charge in [-0.3, -0.25) is 0 Å². The van der Waals surface area contributed by atoms with Crippen LogP contribution in [0.25, 0.3) is 0 Å². The first-order valence-corrected chi connectivity index (χ1v) is 10.3. The molecule has 3 rings (SSSR count). The lowest BCUT2D eigenvalue weighted by molar-refractivity contribution is 0.0206. The van der Waals surface area contributed by atoms with E-state index < -0.39 is 5.60 Å². The summed E-state index contributed by atoms with van der Waals surface area (Å²) in [6, 6.07) is 8.40. The molecular formula is C20H30N2O2S. The fraction of sp³-hybridized carbons (Fsp3) is 0.650. The number of rotatable bonds is 5. The summed E-state index contributed by atoms with van der Waals surface area (Å²) < 4.78 is 5.55. The van der Waals surface area contributed by atoms with E-state index in [2.05, 4.69) is 24.3 Å². The predicted octanol–water partition coefficient (Wildman–Crippen LogP) is 4.59. The van der Waals surface area contributed by atoms with Gasteiger partial charge in [0.15, 0.2) is 0 Å². The number of ether oxygens (including phenoxy) is 1. The van der Waals surface area contributed by atoms with Crippen LogP contribution in [0.3, 0.4) is 0 Å². The Hall–Kier alpha value is -1.20. The molecule has 1 heterocycles. The molecule has 4 nitrogen and oxygen atoms in total. The van der Waals surface area contributed by atoms with E-state index in [9.17, 15) is 4.79 Å². The molecule has 5 heteroatoms. The molecule has 0 spiro atoms. The number of carbonyl (C=O) groups excluding carboxylic acids is 1. The molecule has 138 valence electrons. The summed E-state index contributed by atoms with van der Waals surface area (Å²) >= 11 is 1.93. The van der Waals surface area contributed by atoms with E-state index in [4.69, 9.17) is 10.5 Å². The molecule has 2 fully saturated rings. The predicted molar refractivity (Wildman–Crippen MR) is 103 cm³/mol. The lowest BCUT2D eigenvalue weighted by Gasteiger charge is -2.31. The second-order valence-corrected chi connectivity index (χ2v) is 9.33. The van der Waals surface area contributed by atoms with Crippen LogP contribution in [-0.2, 0) is 4.74 Å². The summed E-state index contributed by atoms with van der Waals surface area (Å²) in [4.78, 5) is 15.6. The molecule has 2 atom stereocenters. The Morgan fingerprint density at radius 3 is 2.56 bits per heavy atom. The van der Waals surface area contributed by atoms with Crippen LogP contribution in [0.2, 0.25) is 0 Å². The minimum Gasteiger partial charge on any atom is -0.444 e. The number of carbonyl (C=O) groups is 1. The van der Waals surface area contributed by atoms with Crippen LogP contribution in [0.15, 0.2) is 29.2 Å². The van der Waals surface area contributed by atoms with Crippen molar-refractivity contribution in [1.29, 1.82) is 0 Å². The molecular weight excluding hydrogens is 332 g/mol. The monoisotopic (exact) mass is 362 g/mol. The minimum atomic E-state index is -0.477. The first kappa shape index (κ1) is 18.6. The van der Waals surface area contributed by atoms with Gasteiger partial charge in [-0.05, 0) is 70.1 Å². The molecule has 2 aliphatic rings. The fourth-order valence-electron chi connectivity index (χ4n) is 3.22. The van der Waals surface area contributed by atoms with Crippen LogP contribution in [0, 0.1) is 5.92 Å². The summed E-state index contributed by atoms with van der Waals surface area (Å²) in [6.45, 7) is 6.42. The van der Waals surface area contributed by atoms with Gasteiger partial charge in [0.25, 0.3) is 0 Å². The molecule has 1 amide bonds. The van der Waals surface area contributed by atoms with E-state index in [0.29, 0.717) is 0 Å². The normalized spacial score (nSPS) is 22.1. The summed E-state index contributed by atoms with van der Waals surface area (Å²) in [5, 5.41) is 0. The van der Waals surface area contributed by atoms with E-state index in [1.807, 2.05) is 37.4 Å². The standard InChI is InChI=1S/C20H30N2O2S/c1-20(2,3)24-19(23)22-12-4-5-17(22)18(21)15-8-10-16(11-9-15)25-13-14-6-7-14/h8-11,14,17-18H,4-7,12-13,21H2,1-3H3/t17-,18?/m1/s1. The number of nitrogens with two attached hydrogens (primary N) is 1. The van der Waals surface area contributed by atoms with Crippen molar-refractivity contribution in [2.45, 2.75) is 69.0 Å². The first-order chi connectivity index (χ1) is 11.8. The summed E-state index contributed by atoms with van der Waals surface area (Å²) in [5.74, 6) is 2.15. The first-order valence-electron chi connectivity index (χ1n) is 9.31. The molecule has 25 heavy (non-hydrogen) atoms. The van der Waals surface area contributed by atoms with E-state index in [1.165, 1.54) is 23.5 Å². The van der Waals surface area contributed by atoms with Crippen molar-refractivity contribution in [1.82, 2.24) is 4.90 Å². The van der Waals surface area contributed by atoms with Gasteiger partial charge in [0.2, 0.25) is 0 Å². The zero-order valence-corrected chi connectivity index (χ0v) is 16.3. The third-order valence-corrected chi connectivity index (χ3v) is 6.03. The molecule has 0 aromatic heterocycles. The molecule has 1 aromatic carbocycles. The maximum absolute atomic E-state index is 12.5. The smallest absolute Gasteiger partial charge is 0.410 e. The molecule has 1 aliphatic heterocycles. The SMILES string of the molecule is CC(C)(C)OC(=O)N1CCC[C@@H]1C(N)c1ccc(SCC2CC2)cc1. The zero-order valence-electron chi connectivity index (χ0n) is 15.5. The van der Waals surface area contributed by atoms with Gasteiger partial charge in [-0.25, -0.2) is 4.79 Å². The van der Waals surface area contributed by atoms with Crippen LogP contribution in [0.1, 0.15) is 58.1 Å². The Labute approximate surface area is 155 Å². The quantitative estimate of drug-likeness (QED) is 0.779. The van der Waals surface area contributed by atoms with Crippen molar-refractivity contribution < 1.29 is 9.53 Å². The van der Waals surface area contributed by atoms with Crippen molar-refractivity contribution >= 4 is 17.9 Å². The molecule has 1 aliphatic carbocycles. The number of hydrogen-bond donors (Lipinski definition) is 1. The van der Waals surface area contributed by atoms with E-state index in [-0.39, 0.29) is 18.2 Å². The van der Waals surface area contributed by atoms with Gasteiger partial charge in [0, 0.05) is 17.2 Å². The molecule has 1 unspecified atom stereocenters. The van der Waals surface area contributed by atoms with Crippen molar-refractivity contribution in [3.05, 3.63) is 29.8 Å². The van der Waals surface area contributed by atoms with Crippen molar-refractivity contribution in [3.8, 4) is 0 Å². The molecule has 1 saturated heterocycles. The van der Waals surface area contributed by atoms with Gasteiger partial charge in [-0.2, -0.15) is 0 Å². The van der Waals surface area contributed by atoms with E-state index in [1.54, 1.807) is 0 Å². The lowest BCUT2D eigenvalue weighted by Crippen LogP contribution is -2.44. The highest BCUT2D eigenvalue weighted by Gasteiger charge is 2.36. The van der Waals surface area contributed by atoms with Crippen LogP contribution in [0.5, 0.6) is 0 Å². The van der Waals surface area contributed by atoms with Crippen molar-refractivity contribution in [2.75, 3.05) is 12.3 Å². The number of likely N-dealkylation sites (tertiary alicyclic amines) is 1. The van der Waals surface area contributed by atoms with Crippen LogP contribution in [-0.4, -0.2) is 34.9 Å². The number of thioether (sulfide) groups is 1. The molecule has 2 N–H and O–H groups in total. The highest BCUT2D eigenvalue weighted by Crippen LogP contribution is 2.35. The molecule has 0 radical (unpaired) electrons. The van der Waals surface area contributed by atoms with Crippen molar-refractivity contribution in [2.24, 2.45) is 11.7 Å². The second-order valence-electron chi connectivity index (χ2n) is 8.23. The molecule has 0 bridgehead atoms. The van der Waals surface area contributed by atoms with Crippen LogP contribution < -0.4 is 5.73 Å². The number of hydrogen-bond acceptors (Lipinski definition) is 4. The summed E-state index contributed by atoms with van der Waals surface area (Å²) in [7, 11) is 0. The zero-order chi connectivity index (χ0) is 18.0. The van der Waals surface area contributed by atoms with Crippen LogP contribution in [0.4, 0.5) is 4.79 Å². The summed E-state index contributed by atoms with van der Waals surface area (Å²) in [5.41, 5.74) is 7.13. The maximum Gasteiger partial charge on any atom is 0.410 e. The maximum atomic E-state index is 12.5. The lowest BCUT2D eigenvalue weighted by atomic mass is 9.98. The van der Waals surface area contributed by atoms with Crippen LogP contribution >= 0.6 is 11.8 Å². The highest BCUT2D eigenvalue weighted by molar-refractivity contribution is 7.99. The highest BCUT2D eigenvalue weighted by atomic mass is 32.2. The van der Waals surface area contributed by atoms with Gasteiger partial charge in [0.1, 0.15) is 5.60 Å². The van der Waals surface area contributed by atoms with Gasteiger partial charge < -0.3 is 15.4 Å². The topological polar surface area (TPSA) is 55.6 Å². The average Bonchev–Trinajstić information content (AvgIpc) is 3.25. The number of benzene rings is 1. The Morgan fingerprint density at radius 2 is 1.96 bits per heavy atom. The number of amides is 1. The van der Waals surface area contributed by atoms with Gasteiger partial charge >= 0.3 is 6.09 Å². The Bertz CT molecular complexity index is 593. The largest absolute Gasteiger partial charge is 0.444 e. The van der Waals surface area contributed by atoms with E-state index in [0.717, 1.165) is 30.9 Å². The Kier molecular flexibility index (Phi) is 5.64. The Balaban J connectivity index is 1.62. The molecule has 1 saturated carbocycles. The van der Waals surface area contributed by atoms with Crippen molar-refractivity contribution in [3.63, 3.8) is 0 Å². The Morgan fingerprint density at radius 1 is 1.28 bits per heavy atom. The number of nitrogens with zero attached hydrogens (tertiary/aromatic N) is 1. The third-order valence-electron chi connectivity index (χ3n) is 4.79. The van der Waals surface area contributed by atoms with E-state index >= 15 is 0 Å². The fourth-order valence-corrected chi connectivity index (χ4v) is 4.31. The van der Waals surface area contributed by atoms with Gasteiger partial charge in [-0.1, -0.05) is 12.1 Å². The molecule has 1 aromatic rings. The summed E-state index contributed by atoms with van der Waals surface area (Å²) in [6.07, 6.45) is 4.43.